The molecule has 1 fully saturated rings. The first kappa shape index (κ1) is 16.4. The van der Waals surface area contributed by atoms with Crippen LogP contribution >= 0.6 is 11.3 Å². The Morgan fingerprint density at radius 1 is 1.17 bits per heavy atom. The summed E-state index contributed by atoms with van der Waals surface area (Å²) in [6.45, 7) is 5.18. The fourth-order valence-corrected chi connectivity index (χ4v) is 4.52. The number of rotatable bonds is 5. The van der Waals surface area contributed by atoms with Gasteiger partial charge in [0.15, 0.2) is 0 Å². The Morgan fingerprint density at radius 2 is 1.96 bits per heavy atom. The molecule has 1 saturated heterocycles. The van der Waals surface area contributed by atoms with Crippen molar-refractivity contribution in [2.45, 2.75) is 50.5 Å². The highest BCUT2D eigenvalue weighted by Gasteiger charge is 2.41. The Morgan fingerprint density at radius 3 is 2.61 bits per heavy atom. The van der Waals surface area contributed by atoms with Crippen molar-refractivity contribution in [1.82, 2.24) is 0 Å². The molecule has 2 heterocycles. The van der Waals surface area contributed by atoms with Gasteiger partial charge in [0, 0.05) is 22.6 Å². The van der Waals surface area contributed by atoms with E-state index in [9.17, 15) is 0 Å². The highest BCUT2D eigenvalue weighted by atomic mass is 32.1. The molecule has 1 atom stereocenters. The van der Waals surface area contributed by atoms with Gasteiger partial charge in [0.05, 0.1) is 5.60 Å². The van der Waals surface area contributed by atoms with Gasteiger partial charge in [-0.3, -0.25) is 0 Å². The van der Waals surface area contributed by atoms with Crippen LogP contribution in [0.5, 0.6) is 0 Å². The lowest BCUT2D eigenvalue weighted by molar-refractivity contribution is -0.0838. The maximum Gasteiger partial charge on any atom is 0.0635 e. The maximum atomic E-state index is 8.39. The van der Waals surface area contributed by atoms with Crippen LogP contribution in [0.4, 0.5) is 0 Å². The molecular formula is C20H25NOS. The lowest BCUT2D eigenvalue weighted by Gasteiger charge is -2.45. The number of thiophene rings is 1. The number of hydrogen-bond acceptors (Lipinski definition) is 3. The van der Waals surface area contributed by atoms with E-state index in [1.807, 2.05) is 11.4 Å². The molecule has 122 valence electrons. The first-order chi connectivity index (χ1) is 11.0. The molecule has 0 radical (unpaired) electrons. The van der Waals surface area contributed by atoms with Gasteiger partial charge in [-0.05, 0) is 56.5 Å². The van der Waals surface area contributed by atoms with Crippen molar-refractivity contribution in [3.05, 3.63) is 58.3 Å². The van der Waals surface area contributed by atoms with Crippen molar-refractivity contribution in [2.24, 2.45) is 0 Å². The van der Waals surface area contributed by atoms with Crippen molar-refractivity contribution in [2.75, 3.05) is 6.61 Å². The van der Waals surface area contributed by atoms with Crippen LogP contribution in [-0.4, -0.2) is 17.9 Å². The van der Waals surface area contributed by atoms with Crippen LogP contribution < -0.4 is 0 Å². The van der Waals surface area contributed by atoms with Crippen molar-refractivity contribution in [1.29, 1.82) is 5.41 Å². The molecule has 1 unspecified atom stereocenters. The Bertz CT molecular complexity index is 648. The second-order valence-electron chi connectivity index (χ2n) is 7.14. The summed E-state index contributed by atoms with van der Waals surface area (Å²) in [6, 6.07) is 14.9. The predicted octanol–water partition coefficient (Wildman–Crippen LogP) is 5.42. The highest BCUT2D eigenvalue weighted by molar-refractivity contribution is 7.12. The van der Waals surface area contributed by atoms with Crippen LogP contribution in [0.25, 0.3) is 0 Å². The van der Waals surface area contributed by atoms with Crippen LogP contribution in [0, 0.1) is 5.41 Å². The number of hydrogen-bond donors (Lipinski definition) is 1. The standard InChI is InChI=1S/C20H25NOS/c1-19(2)15-20(12-13-22-19,16-7-4-3-5-8-16)11-10-17(21)18-9-6-14-23-18/h3-9,14,21H,10-13,15H2,1-2H3. The van der Waals surface area contributed by atoms with Gasteiger partial charge in [-0.1, -0.05) is 36.4 Å². The van der Waals surface area contributed by atoms with E-state index in [0.717, 1.165) is 42.9 Å². The summed E-state index contributed by atoms with van der Waals surface area (Å²) in [6.07, 6.45) is 3.89. The third kappa shape index (κ3) is 3.73. The molecule has 23 heavy (non-hydrogen) atoms. The van der Waals surface area contributed by atoms with E-state index in [2.05, 4.69) is 50.2 Å². The van der Waals surface area contributed by atoms with Crippen molar-refractivity contribution >= 4 is 17.0 Å². The minimum Gasteiger partial charge on any atom is -0.376 e. The predicted molar refractivity (Wildman–Crippen MR) is 97.8 cm³/mol. The molecule has 3 rings (SSSR count). The monoisotopic (exact) mass is 327 g/mol. The summed E-state index contributed by atoms with van der Waals surface area (Å²) in [5.41, 5.74) is 2.18. The van der Waals surface area contributed by atoms with E-state index in [1.165, 1.54) is 5.56 Å². The van der Waals surface area contributed by atoms with Gasteiger partial charge in [-0.25, -0.2) is 0 Å². The largest absolute Gasteiger partial charge is 0.376 e. The van der Waals surface area contributed by atoms with Gasteiger partial charge in [0.2, 0.25) is 0 Å². The average molecular weight is 327 g/mol. The number of ether oxygens (including phenoxy) is 1. The molecule has 2 nitrogen and oxygen atoms in total. The molecule has 0 saturated carbocycles. The maximum absolute atomic E-state index is 8.39. The molecule has 3 heteroatoms. The van der Waals surface area contributed by atoms with Crippen LogP contribution in [0.15, 0.2) is 47.8 Å². The minimum absolute atomic E-state index is 0.0980. The average Bonchev–Trinajstić information content (AvgIpc) is 3.07. The van der Waals surface area contributed by atoms with Gasteiger partial charge in [0.25, 0.3) is 0 Å². The highest BCUT2D eigenvalue weighted by Crippen LogP contribution is 2.44. The van der Waals surface area contributed by atoms with Crippen molar-refractivity contribution in [3.8, 4) is 0 Å². The van der Waals surface area contributed by atoms with E-state index < -0.39 is 0 Å². The first-order valence-electron chi connectivity index (χ1n) is 8.32. The van der Waals surface area contributed by atoms with Gasteiger partial charge in [-0.2, -0.15) is 0 Å². The summed E-state index contributed by atoms with van der Waals surface area (Å²) < 4.78 is 5.97. The van der Waals surface area contributed by atoms with Crippen LogP contribution in [0.3, 0.4) is 0 Å². The normalized spacial score (nSPS) is 23.6. The van der Waals surface area contributed by atoms with Crippen molar-refractivity contribution < 1.29 is 4.74 Å². The molecule has 1 aliphatic heterocycles. The molecule has 2 aromatic rings. The first-order valence-corrected chi connectivity index (χ1v) is 9.20. The second kappa shape index (κ2) is 6.58. The van der Waals surface area contributed by atoms with E-state index >= 15 is 0 Å². The molecule has 0 spiro atoms. The number of benzene rings is 1. The smallest absolute Gasteiger partial charge is 0.0635 e. The Hall–Kier alpha value is -1.45. The molecular weight excluding hydrogens is 302 g/mol. The van der Waals surface area contributed by atoms with E-state index in [-0.39, 0.29) is 11.0 Å². The van der Waals surface area contributed by atoms with E-state index in [0.29, 0.717) is 0 Å². The fourth-order valence-electron chi connectivity index (χ4n) is 3.81. The molecule has 0 aliphatic carbocycles. The van der Waals surface area contributed by atoms with Crippen LogP contribution in [0.2, 0.25) is 0 Å². The third-order valence-electron chi connectivity index (χ3n) is 4.90. The minimum atomic E-state index is -0.0980. The lowest BCUT2D eigenvalue weighted by atomic mass is 9.66. The van der Waals surface area contributed by atoms with E-state index in [4.69, 9.17) is 10.1 Å². The topological polar surface area (TPSA) is 33.1 Å². The summed E-state index contributed by atoms with van der Waals surface area (Å²) in [5.74, 6) is 0. The second-order valence-corrected chi connectivity index (χ2v) is 8.08. The molecule has 1 N–H and O–H groups in total. The zero-order chi connectivity index (χ0) is 16.3. The fraction of sp³-hybridized carbons (Fsp3) is 0.450. The molecule has 0 bridgehead atoms. The zero-order valence-corrected chi connectivity index (χ0v) is 14.8. The SMILES string of the molecule is CC1(C)CC(CCC(=N)c2cccs2)(c2ccccc2)CCO1. The van der Waals surface area contributed by atoms with Crippen LogP contribution in [-0.2, 0) is 10.2 Å². The Balaban J connectivity index is 1.83. The van der Waals surface area contributed by atoms with Gasteiger partial charge < -0.3 is 10.1 Å². The Labute approximate surface area is 143 Å². The summed E-state index contributed by atoms with van der Waals surface area (Å²) in [7, 11) is 0. The van der Waals surface area contributed by atoms with E-state index in [1.54, 1.807) is 11.3 Å². The summed E-state index contributed by atoms with van der Waals surface area (Å²) in [5, 5.41) is 10.4. The van der Waals surface area contributed by atoms with Gasteiger partial charge in [0.1, 0.15) is 0 Å². The third-order valence-corrected chi connectivity index (χ3v) is 5.83. The molecule has 1 aromatic carbocycles. The molecule has 0 amide bonds. The van der Waals surface area contributed by atoms with Crippen molar-refractivity contribution in [3.63, 3.8) is 0 Å². The molecule has 1 aliphatic rings. The lowest BCUT2D eigenvalue weighted by Crippen LogP contribution is -2.44. The summed E-state index contributed by atoms with van der Waals surface area (Å²) >= 11 is 1.66. The Kier molecular flexibility index (Phi) is 4.69. The quantitative estimate of drug-likeness (QED) is 0.730. The van der Waals surface area contributed by atoms with Gasteiger partial charge in [-0.15, -0.1) is 11.3 Å². The van der Waals surface area contributed by atoms with Gasteiger partial charge >= 0.3 is 0 Å². The molecule has 1 aromatic heterocycles. The number of nitrogens with one attached hydrogen (secondary N) is 1. The zero-order valence-electron chi connectivity index (χ0n) is 14.0. The van der Waals surface area contributed by atoms with Crippen LogP contribution in [0.1, 0.15) is 50.0 Å². The summed E-state index contributed by atoms with van der Waals surface area (Å²) in [4.78, 5) is 1.10.